The van der Waals surface area contributed by atoms with Crippen molar-refractivity contribution in [1.29, 1.82) is 0 Å². The number of epoxide rings is 1. The largest absolute Gasteiger partial charge is 0.455 e. The molecule has 0 aromatic carbocycles. The Labute approximate surface area is 152 Å². The normalized spacial score (nSPS) is 35.9. The summed E-state index contributed by atoms with van der Waals surface area (Å²) in [4.78, 5) is 12.0. The molecule has 1 N–H and O–H groups in total. The smallest absolute Gasteiger partial charge is 0.334 e. The van der Waals surface area contributed by atoms with Crippen molar-refractivity contribution in [2.24, 2.45) is 5.92 Å². The topological polar surface area (TPSA) is 89.8 Å². The van der Waals surface area contributed by atoms with Gasteiger partial charge in [0.15, 0.2) is 0 Å². The quantitative estimate of drug-likeness (QED) is 0.380. The van der Waals surface area contributed by atoms with Crippen LogP contribution in [0.1, 0.15) is 38.3 Å². The van der Waals surface area contributed by atoms with Crippen molar-refractivity contribution in [3.8, 4) is 0 Å². The zero-order valence-electron chi connectivity index (χ0n) is 15.1. The van der Waals surface area contributed by atoms with E-state index in [-0.39, 0.29) is 36.3 Å². The molecule has 0 spiro atoms. The van der Waals surface area contributed by atoms with Crippen LogP contribution < -0.4 is 0 Å². The van der Waals surface area contributed by atoms with Crippen LogP contribution in [0.3, 0.4) is 0 Å². The van der Waals surface area contributed by atoms with Gasteiger partial charge in [0.2, 0.25) is 0 Å². The molecule has 2 saturated heterocycles. The lowest BCUT2D eigenvalue weighted by Gasteiger charge is -2.20. The van der Waals surface area contributed by atoms with Gasteiger partial charge < -0.3 is 14.6 Å². The molecular weight excluding hydrogens is 334 g/mol. The van der Waals surface area contributed by atoms with E-state index in [0.717, 1.165) is 31.4 Å². The summed E-state index contributed by atoms with van der Waals surface area (Å²) in [5, 5.41) is 17.2. The molecular formula is C19H25N3O4. The molecule has 3 heterocycles. The highest BCUT2D eigenvalue weighted by molar-refractivity contribution is 5.91. The van der Waals surface area contributed by atoms with Gasteiger partial charge in [-0.2, -0.15) is 0 Å². The van der Waals surface area contributed by atoms with Crippen LogP contribution in [0.2, 0.25) is 0 Å². The molecule has 4 atom stereocenters. The minimum absolute atomic E-state index is 0.0107. The third-order valence-electron chi connectivity index (χ3n) is 5.76. The zero-order valence-corrected chi connectivity index (χ0v) is 15.1. The van der Waals surface area contributed by atoms with Gasteiger partial charge in [-0.15, -0.1) is 5.10 Å². The van der Waals surface area contributed by atoms with Crippen molar-refractivity contribution in [1.82, 2.24) is 15.0 Å². The van der Waals surface area contributed by atoms with E-state index in [4.69, 9.17) is 14.6 Å². The molecule has 0 amide bonds. The second-order valence-electron chi connectivity index (χ2n) is 7.67. The highest BCUT2D eigenvalue weighted by Gasteiger charge is 2.61. The number of nitrogens with zero attached hydrogens (tertiary/aromatic N) is 3. The Hall–Kier alpha value is -1.99. The van der Waals surface area contributed by atoms with Crippen LogP contribution in [-0.4, -0.2) is 50.5 Å². The summed E-state index contributed by atoms with van der Waals surface area (Å²) < 4.78 is 13.3. The lowest BCUT2D eigenvalue weighted by Crippen LogP contribution is -2.29. The fourth-order valence-corrected chi connectivity index (χ4v) is 4.12. The van der Waals surface area contributed by atoms with Crippen molar-refractivity contribution < 1.29 is 19.4 Å². The van der Waals surface area contributed by atoms with Crippen molar-refractivity contribution in [2.75, 3.05) is 6.61 Å². The molecule has 2 aliphatic heterocycles. The van der Waals surface area contributed by atoms with Gasteiger partial charge in [-0.3, -0.25) is 0 Å². The molecule has 140 valence electrons. The van der Waals surface area contributed by atoms with Crippen molar-refractivity contribution in [3.63, 3.8) is 0 Å². The Morgan fingerprint density at radius 3 is 3.15 bits per heavy atom. The summed E-state index contributed by atoms with van der Waals surface area (Å²) in [6.45, 7) is 6.78. The minimum Gasteiger partial charge on any atom is -0.455 e. The fraction of sp³-hybridized carbons (Fsp3) is 0.632. The molecule has 2 fully saturated rings. The minimum atomic E-state index is -0.285. The van der Waals surface area contributed by atoms with Gasteiger partial charge in [-0.1, -0.05) is 23.4 Å². The van der Waals surface area contributed by atoms with Gasteiger partial charge in [-0.05, 0) is 32.6 Å². The monoisotopic (exact) mass is 359 g/mol. The molecule has 0 radical (unpaired) electrons. The number of allylic oxidation sites excluding steroid dienone is 2. The van der Waals surface area contributed by atoms with E-state index in [0.29, 0.717) is 18.5 Å². The van der Waals surface area contributed by atoms with Gasteiger partial charge >= 0.3 is 5.97 Å². The van der Waals surface area contributed by atoms with Gasteiger partial charge in [0.1, 0.15) is 12.2 Å². The van der Waals surface area contributed by atoms with E-state index >= 15 is 0 Å². The second-order valence-corrected chi connectivity index (χ2v) is 7.67. The number of carbonyl (C=O) groups is 1. The van der Waals surface area contributed by atoms with Gasteiger partial charge in [0.25, 0.3) is 0 Å². The third kappa shape index (κ3) is 3.21. The van der Waals surface area contributed by atoms with E-state index in [9.17, 15) is 4.79 Å². The summed E-state index contributed by atoms with van der Waals surface area (Å²) in [6, 6.07) is 0. The highest BCUT2D eigenvalue weighted by atomic mass is 16.6. The van der Waals surface area contributed by atoms with Crippen molar-refractivity contribution >= 4 is 5.97 Å². The number of hydrogen-bond donors (Lipinski definition) is 1. The summed E-state index contributed by atoms with van der Waals surface area (Å²) in [5.41, 5.74) is 2.41. The maximum absolute atomic E-state index is 12.0. The molecule has 0 saturated carbocycles. The second kappa shape index (κ2) is 6.63. The SMILES string of the molecule is C=C1C(=O)O[C@H]2[C@H]1CC/C(Cn1cc(CCO)nn1)=C\CC[C@@]1(C)O[C@@H]21. The van der Waals surface area contributed by atoms with Crippen LogP contribution in [0.15, 0.2) is 30.0 Å². The first-order valence-corrected chi connectivity index (χ1v) is 9.25. The van der Waals surface area contributed by atoms with Gasteiger partial charge in [0.05, 0.1) is 17.8 Å². The van der Waals surface area contributed by atoms with Crippen LogP contribution in [0.5, 0.6) is 0 Å². The number of aliphatic hydroxyl groups is 1. The number of carbonyl (C=O) groups excluding carboxylic acids is 1. The van der Waals surface area contributed by atoms with Crippen LogP contribution in [0, 0.1) is 5.92 Å². The molecule has 7 nitrogen and oxygen atoms in total. The molecule has 7 heteroatoms. The number of aromatic nitrogens is 3. The van der Waals surface area contributed by atoms with E-state index in [1.807, 2.05) is 10.9 Å². The molecule has 4 rings (SSSR count). The number of hydrogen-bond acceptors (Lipinski definition) is 6. The van der Waals surface area contributed by atoms with Crippen molar-refractivity contribution in [3.05, 3.63) is 35.7 Å². The first-order valence-electron chi connectivity index (χ1n) is 9.25. The average Bonchev–Trinajstić information content (AvgIpc) is 2.92. The van der Waals surface area contributed by atoms with Crippen LogP contribution >= 0.6 is 0 Å². The van der Waals surface area contributed by atoms with Crippen LogP contribution in [0.25, 0.3) is 0 Å². The average molecular weight is 359 g/mol. The lowest BCUT2D eigenvalue weighted by atomic mass is 9.84. The lowest BCUT2D eigenvalue weighted by molar-refractivity contribution is -0.140. The Morgan fingerprint density at radius 2 is 2.35 bits per heavy atom. The first kappa shape index (κ1) is 17.4. The number of esters is 1. The van der Waals surface area contributed by atoms with E-state index < -0.39 is 0 Å². The zero-order chi connectivity index (χ0) is 18.3. The Bertz CT molecular complexity index is 756. The van der Waals surface area contributed by atoms with E-state index in [1.165, 1.54) is 5.57 Å². The predicted molar refractivity (Wildman–Crippen MR) is 93.2 cm³/mol. The molecule has 1 aromatic heterocycles. The summed E-state index contributed by atoms with van der Waals surface area (Å²) in [5.74, 6) is -0.274. The predicted octanol–water partition coefficient (Wildman–Crippen LogP) is 1.57. The number of aliphatic hydroxyl groups excluding tert-OH is 1. The summed E-state index contributed by atoms with van der Waals surface area (Å²) in [6.07, 6.45) is 7.93. The van der Waals surface area contributed by atoms with E-state index in [1.54, 1.807) is 0 Å². The Morgan fingerprint density at radius 1 is 1.50 bits per heavy atom. The first-order chi connectivity index (χ1) is 12.5. The molecule has 0 unspecified atom stereocenters. The number of rotatable bonds is 4. The molecule has 26 heavy (non-hydrogen) atoms. The molecule has 1 aromatic rings. The highest BCUT2D eigenvalue weighted by Crippen LogP contribution is 2.49. The maximum atomic E-state index is 12.0. The molecule has 0 bridgehead atoms. The number of ether oxygens (including phenoxy) is 2. The Kier molecular flexibility index (Phi) is 4.44. The van der Waals surface area contributed by atoms with Crippen LogP contribution in [0.4, 0.5) is 0 Å². The fourth-order valence-electron chi connectivity index (χ4n) is 4.12. The third-order valence-corrected chi connectivity index (χ3v) is 5.76. The summed E-state index contributed by atoms with van der Waals surface area (Å²) in [7, 11) is 0. The molecule has 3 aliphatic rings. The van der Waals surface area contributed by atoms with E-state index in [2.05, 4.69) is 29.9 Å². The van der Waals surface area contributed by atoms with Gasteiger partial charge in [-0.25, -0.2) is 9.48 Å². The van der Waals surface area contributed by atoms with Gasteiger partial charge in [0, 0.05) is 30.7 Å². The van der Waals surface area contributed by atoms with Crippen LogP contribution in [-0.2, 0) is 27.2 Å². The molecule has 1 aliphatic carbocycles. The summed E-state index contributed by atoms with van der Waals surface area (Å²) >= 11 is 0. The maximum Gasteiger partial charge on any atom is 0.334 e. The van der Waals surface area contributed by atoms with Crippen molar-refractivity contribution in [2.45, 2.75) is 63.4 Å². The number of fused-ring (bicyclic) bond motifs is 3. The Balaban J connectivity index is 1.50. The standard InChI is InChI=1S/C19H25N3O4/c1-12-15-6-5-13(10-22-11-14(7-9-23)20-21-22)4-3-8-19(2)17(26-19)16(15)25-18(12)24/h4,11,15-17,23H,1,3,5-10H2,2H3/b13-4+/t15-,16-,17-,19+/m0/s1.